The molecule has 40 heavy (non-hydrogen) atoms. The summed E-state index contributed by atoms with van der Waals surface area (Å²) in [6.45, 7) is 8.25. The molecule has 1 aliphatic carbocycles. The van der Waals surface area contributed by atoms with E-state index in [9.17, 15) is 27.5 Å². The van der Waals surface area contributed by atoms with Crippen LogP contribution in [0.2, 0.25) is 0 Å². The van der Waals surface area contributed by atoms with Crippen molar-refractivity contribution in [1.82, 2.24) is 9.88 Å². The van der Waals surface area contributed by atoms with Gasteiger partial charge in [-0.3, -0.25) is 27.3 Å². The molecule has 2 aromatic rings. The monoisotopic (exact) mass is 579 g/mol. The Morgan fingerprint density at radius 1 is 1.12 bits per heavy atom. The molecule has 2 fully saturated rings. The predicted octanol–water partition coefficient (Wildman–Crippen LogP) is 4.54. The number of ether oxygens (including phenoxy) is 1. The molecule has 3 aliphatic rings. The summed E-state index contributed by atoms with van der Waals surface area (Å²) < 4.78 is 56.8. The van der Waals surface area contributed by atoms with Crippen molar-refractivity contribution in [3.8, 4) is 11.3 Å². The number of pyridine rings is 1. The van der Waals surface area contributed by atoms with Gasteiger partial charge in [0.1, 0.15) is 5.82 Å². The molecule has 1 atom stereocenters. The summed E-state index contributed by atoms with van der Waals surface area (Å²) >= 11 is 0. The first-order chi connectivity index (χ1) is 18.6. The van der Waals surface area contributed by atoms with Gasteiger partial charge in [-0.15, -0.1) is 0 Å². The van der Waals surface area contributed by atoms with Crippen molar-refractivity contribution >= 4 is 40.0 Å². The number of hydrogen-bond acceptors (Lipinski definition) is 9. The maximum atomic E-state index is 13.6. The van der Waals surface area contributed by atoms with Crippen LogP contribution >= 0.6 is 11.0 Å². The van der Waals surface area contributed by atoms with Crippen molar-refractivity contribution in [2.45, 2.75) is 45.6 Å². The molecular weight excluding hydrogens is 544 g/mol. The average molecular weight is 580 g/mol. The number of aromatic nitrogens is 1. The molecule has 0 bridgehead atoms. The summed E-state index contributed by atoms with van der Waals surface area (Å²) in [5.74, 6) is -3.68. The minimum absolute atomic E-state index is 0.134. The Morgan fingerprint density at radius 2 is 1.77 bits per heavy atom. The molecule has 1 unspecified atom stereocenters. The Labute approximate surface area is 234 Å². The molecule has 10 nitrogen and oxygen atoms in total. The van der Waals surface area contributed by atoms with Gasteiger partial charge in [-0.2, -0.15) is 0 Å². The van der Waals surface area contributed by atoms with Gasteiger partial charge in [0.2, 0.25) is 0 Å². The lowest BCUT2D eigenvalue weighted by Gasteiger charge is -2.42. The highest BCUT2D eigenvalue weighted by molar-refractivity contribution is 8.26. The maximum absolute atomic E-state index is 13.6. The number of esters is 1. The van der Waals surface area contributed by atoms with Crippen LogP contribution in [0.3, 0.4) is 0 Å². The second-order valence-electron chi connectivity index (χ2n) is 11.1. The largest absolute Gasteiger partial charge is 0.450 e. The summed E-state index contributed by atoms with van der Waals surface area (Å²) in [4.78, 5) is 33.0. The number of fused-ring (bicyclic) bond motifs is 1. The van der Waals surface area contributed by atoms with Gasteiger partial charge in [0.05, 0.1) is 17.1 Å². The fourth-order valence-corrected chi connectivity index (χ4v) is 6.83. The Morgan fingerprint density at radius 3 is 2.38 bits per heavy atom. The van der Waals surface area contributed by atoms with Crippen LogP contribution in [-0.4, -0.2) is 82.2 Å². The van der Waals surface area contributed by atoms with Gasteiger partial charge in [-0.05, 0) is 55.5 Å². The van der Waals surface area contributed by atoms with Crippen molar-refractivity contribution in [2.24, 2.45) is 5.92 Å². The van der Waals surface area contributed by atoms with Crippen LogP contribution in [0.25, 0.3) is 11.3 Å². The van der Waals surface area contributed by atoms with Gasteiger partial charge in [0.15, 0.2) is 5.60 Å². The van der Waals surface area contributed by atoms with E-state index in [-0.39, 0.29) is 18.9 Å². The third-order valence-electron chi connectivity index (χ3n) is 7.75. The quantitative estimate of drug-likeness (QED) is 0.477. The fourth-order valence-electron chi connectivity index (χ4n) is 5.32. The molecule has 5 rings (SSSR count). The molecular formula is C27H35F2N5O5S. The summed E-state index contributed by atoms with van der Waals surface area (Å²) in [6.07, 6.45) is -0.252. The van der Waals surface area contributed by atoms with Gasteiger partial charge in [0, 0.05) is 64.6 Å². The lowest BCUT2D eigenvalue weighted by Crippen LogP contribution is -2.55. The number of halogens is 2. The number of carbonyl (C=O) groups is 2. The number of amides is 1. The Balaban J connectivity index is 1.34. The first kappa shape index (κ1) is 28.4. The number of aryl methyl sites for hydroxylation is 1. The molecule has 2 aliphatic heterocycles. The second-order valence-corrected chi connectivity index (χ2v) is 13.1. The zero-order chi connectivity index (χ0) is 29.2. The van der Waals surface area contributed by atoms with E-state index in [0.717, 1.165) is 16.9 Å². The van der Waals surface area contributed by atoms with Gasteiger partial charge in [-0.1, -0.05) is 12.1 Å². The molecule has 0 radical (unpaired) electrons. The summed E-state index contributed by atoms with van der Waals surface area (Å²) in [6, 6.07) is 9.24. The average Bonchev–Trinajstić information content (AvgIpc) is 3.45. The minimum Gasteiger partial charge on any atom is -0.450 e. The number of piperazine rings is 1. The summed E-state index contributed by atoms with van der Waals surface area (Å²) in [7, 11) is -1.90. The van der Waals surface area contributed by atoms with Crippen molar-refractivity contribution in [2.75, 3.05) is 53.3 Å². The molecule has 1 aromatic heterocycles. The number of anilines is 3. The van der Waals surface area contributed by atoms with Gasteiger partial charge >= 0.3 is 5.97 Å². The predicted molar refractivity (Wildman–Crippen MR) is 151 cm³/mol. The lowest BCUT2D eigenvalue weighted by molar-refractivity contribution is -0.168. The topological polar surface area (TPSA) is 110 Å². The molecule has 3 heterocycles. The van der Waals surface area contributed by atoms with E-state index in [2.05, 4.69) is 4.90 Å². The molecule has 0 spiro atoms. The highest BCUT2D eigenvalue weighted by Crippen LogP contribution is 2.63. The first-order valence-corrected chi connectivity index (χ1v) is 14.6. The Bertz CT molecular complexity index is 1350. The molecule has 13 heteroatoms. The number of nitrogens with zero attached hydrogens (tertiary/aromatic N) is 5. The van der Waals surface area contributed by atoms with E-state index in [4.69, 9.17) is 9.72 Å². The van der Waals surface area contributed by atoms with Crippen molar-refractivity contribution in [3.05, 3.63) is 35.9 Å². The van der Waals surface area contributed by atoms with E-state index in [0.29, 0.717) is 43.2 Å². The van der Waals surface area contributed by atoms with E-state index >= 15 is 0 Å². The Hall–Kier alpha value is -3.16. The third-order valence-corrected chi connectivity index (χ3v) is 9.62. The highest BCUT2D eigenvalue weighted by atomic mass is 32.3. The normalized spacial score (nSPS) is 22.2. The van der Waals surface area contributed by atoms with E-state index < -0.39 is 34.4 Å². The maximum Gasteiger partial charge on any atom is 0.303 e. The standard InChI is InChI=1S/C27H35F2N5O5S/c1-17-6-9-23(32-10-12-33(13-11-32)25(36)26(3,4)39-18(2)35)30-24(17)19-7-8-21-22(14-19)31(5)40(37,38)34(21)16-20-15-27(20,28)29/h6-9,14,20,37-38H,10-13,15-16H2,1-5H3. The number of rotatable bonds is 6. The van der Waals surface area contributed by atoms with Crippen LogP contribution in [0.4, 0.5) is 26.0 Å². The smallest absolute Gasteiger partial charge is 0.303 e. The lowest BCUT2D eigenvalue weighted by atomic mass is 10.0. The minimum atomic E-state index is -3.45. The van der Waals surface area contributed by atoms with Crippen molar-refractivity contribution < 1.29 is 32.2 Å². The SMILES string of the molecule is CC(=O)OC(C)(C)C(=O)N1CCN(c2ccc(C)c(-c3ccc4c(c3)N(C)S(O)(O)N4CC3CC3(F)F)n2)CC1. The van der Waals surface area contributed by atoms with E-state index in [1.807, 2.05) is 25.1 Å². The summed E-state index contributed by atoms with van der Waals surface area (Å²) in [5.41, 5.74) is 2.20. The first-order valence-electron chi connectivity index (χ1n) is 13.2. The molecule has 1 saturated carbocycles. The van der Waals surface area contributed by atoms with Crippen LogP contribution in [0.1, 0.15) is 32.8 Å². The molecule has 1 aromatic carbocycles. The van der Waals surface area contributed by atoms with Gasteiger partial charge < -0.3 is 14.5 Å². The van der Waals surface area contributed by atoms with Crippen LogP contribution in [-0.2, 0) is 14.3 Å². The molecule has 1 amide bonds. The second kappa shape index (κ2) is 9.74. The zero-order valence-corrected chi connectivity index (χ0v) is 24.0. The number of carbonyl (C=O) groups excluding carboxylic acids is 2. The fraction of sp³-hybridized carbons (Fsp3) is 0.519. The van der Waals surface area contributed by atoms with Gasteiger partial charge in [0.25, 0.3) is 11.8 Å². The Kier molecular flexibility index (Phi) is 6.91. The molecule has 2 N–H and O–H groups in total. The van der Waals surface area contributed by atoms with E-state index in [1.54, 1.807) is 37.9 Å². The van der Waals surface area contributed by atoms with Crippen LogP contribution < -0.4 is 13.5 Å². The van der Waals surface area contributed by atoms with Crippen LogP contribution in [0.15, 0.2) is 30.3 Å². The van der Waals surface area contributed by atoms with Crippen LogP contribution in [0, 0.1) is 12.8 Å². The van der Waals surface area contributed by atoms with Crippen molar-refractivity contribution in [1.29, 1.82) is 0 Å². The third kappa shape index (κ3) is 5.06. The molecule has 1 saturated heterocycles. The van der Waals surface area contributed by atoms with Crippen molar-refractivity contribution in [3.63, 3.8) is 0 Å². The zero-order valence-electron chi connectivity index (χ0n) is 23.2. The highest BCUT2D eigenvalue weighted by Gasteiger charge is 2.59. The van der Waals surface area contributed by atoms with Crippen LogP contribution in [0.5, 0.6) is 0 Å². The number of hydrogen-bond donors (Lipinski definition) is 2. The number of benzene rings is 1. The van der Waals surface area contributed by atoms with Gasteiger partial charge in [-0.25, -0.2) is 13.8 Å². The van der Waals surface area contributed by atoms with E-state index in [1.165, 1.54) is 15.5 Å². The number of alkyl halides is 2. The molecule has 218 valence electrons. The summed E-state index contributed by atoms with van der Waals surface area (Å²) in [5, 5.41) is 0.